The minimum Gasteiger partial charge on any atom is -0.490 e. The van der Waals surface area contributed by atoms with E-state index >= 15 is 0 Å². The van der Waals surface area contributed by atoms with E-state index in [9.17, 15) is 14.4 Å². The molecule has 2 N–H and O–H groups in total. The third-order valence-electron chi connectivity index (χ3n) is 11.6. The van der Waals surface area contributed by atoms with Crippen LogP contribution in [0.3, 0.4) is 0 Å². The van der Waals surface area contributed by atoms with Crippen molar-refractivity contribution >= 4 is 52.0 Å². The van der Waals surface area contributed by atoms with Gasteiger partial charge in [-0.15, -0.1) is 0 Å². The van der Waals surface area contributed by atoms with Gasteiger partial charge >= 0.3 is 6.03 Å². The number of fused-ring (bicyclic) bond motifs is 1. The van der Waals surface area contributed by atoms with Gasteiger partial charge < -0.3 is 24.4 Å². The first-order valence-corrected chi connectivity index (χ1v) is 19.7. The first kappa shape index (κ1) is 36.7. The number of urea groups is 1. The van der Waals surface area contributed by atoms with E-state index < -0.39 is 6.03 Å². The van der Waals surface area contributed by atoms with Gasteiger partial charge in [-0.05, 0) is 81.5 Å². The molecule has 0 radical (unpaired) electrons. The van der Waals surface area contributed by atoms with Crippen molar-refractivity contribution in [2.45, 2.75) is 76.0 Å². The lowest BCUT2D eigenvalue weighted by molar-refractivity contribution is -0.120. The third kappa shape index (κ3) is 8.23. The van der Waals surface area contributed by atoms with Crippen molar-refractivity contribution in [2.75, 3.05) is 49.1 Å². The summed E-state index contributed by atoms with van der Waals surface area (Å²) in [6.45, 7) is 5.33. The minimum atomic E-state index is -0.416. The molecule has 4 amide bonds. The van der Waals surface area contributed by atoms with Crippen molar-refractivity contribution in [1.29, 1.82) is 5.26 Å². The predicted molar refractivity (Wildman–Crippen MR) is 207 cm³/mol. The molecule has 0 bridgehead atoms. The highest BCUT2D eigenvalue weighted by Gasteiger charge is 2.30. The van der Waals surface area contributed by atoms with E-state index in [1.165, 1.54) is 0 Å². The van der Waals surface area contributed by atoms with Crippen LogP contribution in [0.15, 0.2) is 55.1 Å². The summed E-state index contributed by atoms with van der Waals surface area (Å²) in [6, 6.07) is 11.2. The Morgan fingerprint density at radius 2 is 1.75 bits per heavy atom. The van der Waals surface area contributed by atoms with Crippen LogP contribution in [0.5, 0.6) is 5.75 Å². The Morgan fingerprint density at radius 3 is 2.45 bits per heavy atom. The molecule has 15 heteroatoms. The van der Waals surface area contributed by atoms with Gasteiger partial charge in [0.2, 0.25) is 5.91 Å². The lowest BCUT2D eigenvalue weighted by atomic mass is 9.93. The summed E-state index contributed by atoms with van der Waals surface area (Å²) < 4.78 is 8.42. The average Bonchev–Trinajstić information content (AvgIpc) is 3.64. The van der Waals surface area contributed by atoms with E-state index in [1.54, 1.807) is 41.7 Å². The molecule has 8 rings (SSSR count). The number of nitrogens with zero attached hydrogens (tertiary/aromatic N) is 8. The van der Waals surface area contributed by atoms with Gasteiger partial charge in [-0.1, -0.05) is 11.6 Å². The summed E-state index contributed by atoms with van der Waals surface area (Å²) >= 11 is 6.15. The largest absolute Gasteiger partial charge is 0.490 e. The molecule has 1 aromatic carbocycles. The molecule has 0 atom stereocenters. The smallest absolute Gasteiger partial charge is 0.329 e. The number of likely N-dealkylation sites (tertiary alicyclic amines) is 1. The topological polar surface area (TPSA) is 162 Å². The van der Waals surface area contributed by atoms with Crippen LogP contribution in [0.2, 0.25) is 5.02 Å². The summed E-state index contributed by atoms with van der Waals surface area (Å²) in [5, 5.41) is 15.9. The van der Waals surface area contributed by atoms with Crippen molar-refractivity contribution in [3.63, 3.8) is 0 Å². The Hall–Kier alpha value is -5.26. The van der Waals surface area contributed by atoms with E-state index in [1.807, 2.05) is 12.1 Å². The number of hydrogen-bond donors (Lipinski definition) is 2. The van der Waals surface area contributed by atoms with Gasteiger partial charge in [-0.25, -0.2) is 19.7 Å². The fourth-order valence-electron chi connectivity index (χ4n) is 8.50. The molecule has 1 aliphatic carbocycles. The molecule has 55 heavy (non-hydrogen) atoms. The van der Waals surface area contributed by atoms with Gasteiger partial charge in [0.15, 0.2) is 0 Å². The molecule has 3 aliphatic heterocycles. The maximum absolute atomic E-state index is 13.0. The van der Waals surface area contributed by atoms with E-state index in [-0.39, 0.29) is 30.4 Å². The van der Waals surface area contributed by atoms with Crippen LogP contribution < -0.4 is 25.2 Å². The van der Waals surface area contributed by atoms with Crippen molar-refractivity contribution in [3.8, 4) is 11.8 Å². The van der Waals surface area contributed by atoms with E-state index in [0.29, 0.717) is 46.4 Å². The number of carbonyl (C=O) groups is 3. The molecule has 4 aliphatic rings. The highest BCUT2D eigenvalue weighted by molar-refractivity contribution is 6.31. The second-order valence-corrected chi connectivity index (χ2v) is 15.5. The number of pyridine rings is 1. The molecule has 0 spiro atoms. The van der Waals surface area contributed by atoms with Crippen LogP contribution in [0, 0.1) is 17.2 Å². The normalized spacial score (nSPS) is 21.7. The second kappa shape index (κ2) is 16.2. The molecule has 1 saturated carbocycles. The monoisotopic (exact) mass is 764 g/mol. The summed E-state index contributed by atoms with van der Waals surface area (Å²) in [5.41, 5.74) is 1.81. The van der Waals surface area contributed by atoms with Crippen LogP contribution >= 0.6 is 11.6 Å². The number of ether oxygens (including phenoxy) is 1. The number of carbonyl (C=O) groups excluding carboxylic acids is 3. The number of halogens is 1. The predicted octanol–water partition coefficient (Wildman–Crippen LogP) is 5.47. The second-order valence-electron chi connectivity index (χ2n) is 15.1. The van der Waals surface area contributed by atoms with Gasteiger partial charge in [-0.3, -0.25) is 19.8 Å². The zero-order valence-electron chi connectivity index (χ0n) is 30.7. The number of nitrogens with one attached hydrogen (secondary N) is 2. The standard InChI is InChI=1S/C40H45ClN10O4/c41-33-21-31(4-1-27(33)22-42)55-30-5-2-28(3-6-30)46-39(53)34-23-45-36(24-44-34)49-17-8-26(9-18-49)25-48-15-10-29(11-16-48)50-19-12-32-35(50)7-14-43-38(32)51-20-13-37(52)47-40(51)54/h1,4,7,12,14,19,21,23-24,26,28-30H,2-3,5-6,8-11,13,15-18,20,25H2,(H,46,53)(H,47,52,54). The van der Waals surface area contributed by atoms with Crippen LogP contribution in [0.1, 0.15) is 79.9 Å². The Bertz CT molecular complexity index is 2080. The molecular formula is C40H45ClN10O4. The van der Waals surface area contributed by atoms with Gasteiger partial charge in [-0.2, -0.15) is 5.26 Å². The first-order valence-electron chi connectivity index (χ1n) is 19.3. The maximum atomic E-state index is 13.0. The molecule has 286 valence electrons. The maximum Gasteiger partial charge on any atom is 0.329 e. The fraction of sp³-hybridized carbons (Fsp3) is 0.475. The lowest BCUT2D eigenvalue weighted by Crippen LogP contribution is -2.49. The number of benzene rings is 1. The summed E-state index contributed by atoms with van der Waals surface area (Å²) in [4.78, 5) is 57.2. The Balaban J connectivity index is 0.760. The van der Waals surface area contributed by atoms with E-state index in [4.69, 9.17) is 21.6 Å². The van der Waals surface area contributed by atoms with Crippen molar-refractivity contribution in [2.24, 2.45) is 5.92 Å². The highest BCUT2D eigenvalue weighted by Crippen LogP contribution is 2.33. The van der Waals surface area contributed by atoms with Gasteiger partial charge in [0.1, 0.15) is 29.1 Å². The quantitative estimate of drug-likeness (QED) is 0.224. The van der Waals surface area contributed by atoms with Crippen LogP contribution in [0.4, 0.5) is 16.4 Å². The number of hydrogen-bond acceptors (Lipinski definition) is 10. The van der Waals surface area contributed by atoms with Crippen molar-refractivity contribution in [1.82, 2.24) is 35.1 Å². The number of anilines is 2. The molecule has 3 aromatic heterocycles. The Labute approximate surface area is 324 Å². The Kier molecular flexibility index (Phi) is 10.8. The van der Waals surface area contributed by atoms with Crippen LogP contribution in [-0.2, 0) is 4.79 Å². The van der Waals surface area contributed by atoms with Crippen LogP contribution in [-0.4, -0.2) is 93.7 Å². The molecule has 4 fully saturated rings. The van der Waals surface area contributed by atoms with Crippen molar-refractivity contribution in [3.05, 3.63) is 71.4 Å². The summed E-state index contributed by atoms with van der Waals surface area (Å²) in [6.07, 6.45) is 15.0. The van der Waals surface area contributed by atoms with Crippen LogP contribution in [0.25, 0.3) is 10.9 Å². The Morgan fingerprint density at radius 1 is 0.945 bits per heavy atom. The summed E-state index contributed by atoms with van der Waals surface area (Å²) in [7, 11) is 0. The SMILES string of the molecule is N#Cc1ccc(OC2CCC(NC(=O)c3cnc(N4CCC(CN5CCC(n6ccc7c(N8CCC(=O)NC8=O)nccc76)CC5)CC4)cn3)CC2)cc1Cl. The van der Waals surface area contributed by atoms with E-state index in [2.05, 4.69) is 52.2 Å². The zero-order valence-corrected chi connectivity index (χ0v) is 31.5. The number of nitriles is 1. The highest BCUT2D eigenvalue weighted by atomic mass is 35.5. The fourth-order valence-corrected chi connectivity index (χ4v) is 8.71. The molecule has 14 nitrogen and oxygen atoms in total. The third-order valence-corrected chi connectivity index (χ3v) is 11.9. The minimum absolute atomic E-state index is 0.0333. The summed E-state index contributed by atoms with van der Waals surface area (Å²) in [5.74, 6) is 2.22. The zero-order chi connectivity index (χ0) is 37.9. The van der Waals surface area contributed by atoms with Gasteiger partial charge in [0, 0.05) is 81.6 Å². The molecule has 4 aromatic rings. The molecular weight excluding hydrogens is 720 g/mol. The number of rotatable bonds is 9. The lowest BCUT2D eigenvalue weighted by Gasteiger charge is -2.38. The van der Waals surface area contributed by atoms with Gasteiger partial charge in [0.25, 0.3) is 5.91 Å². The van der Waals surface area contributed by atoms with E-state index in [0.717, 1.165) is 101 Å². The number of amides is 4. The molecule has 0 unspecified atom stereocenters. The average molecular weight is 765 g/mol. The first-order chi connectivity index (χ1) is 26.8. The number of piperidine rings is 2. The van der Waals surface area contributed by atoms with Crippen molar-refractivity contribution < 1.29 is 19.1 Å². The van der Waals surface area contributed by atoms with Gasteiger partial charge in [0.05, 0.1) is 34.6 Å². The molecule has 6 heterocycles. The number of aromatic nitrogens is 4. The number of imide groups is 1. The molecule has 3 saturated heterocycles.